The monoisotopic (exact) mass is 264 g/mol. The Kier molecular flexibility index (Phi) is 5.99. The zero-order valence-electron chi connectivity index (χ0n) is 12.1. The summed E-state index contributed by atoms with van der Waals surface area (Å²) < 4.78 is 0. The van der Waals surface area contributed by atoms with Gasteiger partial charge in [-0.25, -0.2) is 0 Å². The van der Waals surface area contributed by atoms with Gasteiger partial charge in [-0.2, -0.15) is 0 Å². The Morgan fingerprint density at radius 1 is 1.32 bits per heavy atom. The standard InChI is InChI=1S/C15H24N2O2/c1-10(8-11(2)18)16-12(3)14-6-5-7-15(9-14)17-13(4)19/h5-7,9-12,16,18H,8H2,1-4H3,(H,17,19). The topological polar surface area (TPSA) is 61.4 Å². The van der Waals surface area contributed by atoms with Crippen LogP contribution >= 0.6 is 0 Å². The SMILES string of the molecule is CC(=O)Nc1cccc(C(C)NC(C)CC(C)O)c1. The molecule has 3 unspecified atom stereocenters. The number of rotatable bonds is 6. The minimum atomic E-state index is -0.305. The van der Waals surface area contributed by atoms with Crippen molar-refractivity contribution in [3.63, 3.8) is 0 Å². The molecule has 19 heavy (non-hydrogen) atoms. The normalized spacial score (nSPS) is 15.6. The van der Waals surface area contributed by atoms with Gasteiger partial charge in [0.1, 0.15) is 0 Å². The third kappa shape index (κ3) is 5.85. The summed E-state index contributed by atoms with van der Waals surface area (Å²) in [6, 6.07) is 8.20. The second kappa shape index (κ2) is 7.26. The highest BCUT2D eigenvalue weighted by Gasteiger charge is 2.11. The highest BCUT2D eigenvalue weighted by molar-refractivity contribution is 5.88. The van der Waals surface area contributed by atoms with E-state index in [1.165, 1.54) is 6.92 Å². The molecule has 0 spiro atoms. The van der Waals surface area contributed by atoms with Crippen LogP contribution in [0.2, 0.25) is 0 Å². The quantitative estimate of drug-likeness (QED) is 0.739. The lowest BCUT2D eigenvalue weighted by atomic mass is 10.1. The van der Waals surface area contributed by atoms with Gasteiger partial charge in [-0.15, -0.1) is 0 Å². The Morgan fingerprint density at radius 2 is 2.00 bits per heavy atom. The zero-order valence-corrected chi connectivity index (χ0v) is 12.1. The van der Waals surface area contributed by atoms with Crippen molar-refractivity contribution < 1.29 is 9.90 Å². The second-order valence-corrected chi connectivity index (χ2v) is 5.18. The van der Waals surface area contributed by atoms with Gasteiger partial charge in [0.05, 0.1) is 6.10 Å². The molecule has 0 radical (unpaired) electrons. The zero-order chi connectivity index (χ0) is 14.4. The molecular weight excluding hydrogens is 240 g/mol. The van der Waals surface area contributed by atoms with Crippen molar-refractivity contribution in [3.8, 4) is 0 Å². The van der Waals surface area contributed by atoms with Crippen molar-refractivity contribution in [2.24, 2.45) is 0 Å². The minimum Gasteiger partial charge on any atom is -0.393 e. The van der Waals surface area contributed by atoms with Crippen molar-refractivity contribution >= 4 is 11.6 Å². The molecule has 1 rings (SSSR count). The number of aliphatic hydroxyl groups is 1. The van der Waals surface area contributed by atoms with Crippen LogP contribution in [0.1, 0.15) is 45.7 Å². The molecule has 0 saturated heterocycles. The maximum atomic E-state index is 11.0. The Hall–Kier alpha value is -1.39. The summed E-state index contributed by atoms with van der Waals surface area (Å²) in [7, 11) is 0. The van der Waals surface area contributed by atoms with Crippen LogP contribution in [0.4, 0.5) is 5.69 Å². The molecule has 1 amide bonds. The number of carbonyl (C=O) groups is 1. The summed E-state index contributed by atoms with van der Waals surface area (Å²) >= 11 is 0. The number of nitrogens with one attached hydrogen (secondary N) is 2. The Balaban J connectivity index is 2.65. The molecule has 0 aliphatic rings. The van der Waals surface area contributed by atoms with Crippen LogP contribution in [0.5, 0.6) is 0 Å². The van der Waals surface area contributed by atoms with Crippen molar-refractivity contribution in [1.82, 2.24) is 5.32 Å². The molecule has 3 atom stereocenters. The van der Waals surface area contributed by atoms with E-state index in [1.807, 2.05) is 24.3 Å². The van der Waals surface area contributed by atoms with Crippen LogP contribution in [0.15, 0.2) is 24.3 Å². The predicted octanol–water partition coefficient (Wildman–Crippen LogP) is 2.46. The molecule has 1 aromatic carbocycles. The Morgan fingerprint density at radius 3 is 2.58 bits per heavy atom. The molecule has 0 aromatic heterocycles. The molecule has 106 valence electrons. The van der Waals surface area contributed by atoms with Crippen molar-refractivity contribution in [2.75, 3.05) is 5.32 Å². The molecule has 0 heterocycles. The Bertz CT molecular complexity index is 418. The van der Waals surface area contributed by atoms with Gasteiger partial charge in [0, 0.05) is 24.7 Å². The smallest absolute Gasteiger partial charge is 0.221 e. The number of aliphatic hydroxyl groups excluding tert-OH is 1. The highest BCUT2D eigenvalue weighted by atomic mass is 16.3. The van der Waals surface area contributed by atoms with Gasteiger partial charge in [0.25, 0.3) is 0 Å². The lowest BCUT2D eigenvalue weighted by Crippen LogP contribution is -2.31. The van der Waals surface area contributed by atoms with Gasteiger partial charge < -0.3 is 15.7 Å². The van der Waals surface area contributed by atoms with E-state index in [0.29, 0.717) is 0 Å². The molecule has 1 aromatic rings. The number of hydrogen-bond acceptors (Lipinski definition) is 3. The van der Waals surface area contributed by atoms with E-state index in [-0.39, 0.29) is 24.1 Å². The first kappa shape index (κ1) is 15.7. The van der Waals surface area contributed by atoms with Crippen LogP contribution in [-0.2, 0) is 4.79 Å². The van der Waals surface area contributed by atoms with Crippen molar-refractivity contribution in [1.29, 1.82) is 0 Å². The van der Waals surface area contributed by atoms with Gasteiger partial charge in [0.2, 0.25) is 5.91 Å². The van der Waals surface area contributed by atoms with Gasteiger partial charge in [-0.1, -0.05) is 12.1 Å². The fourth-order valence-electron chi connectivity index (χ4n) is 2.19. The van der Waals surface area contributed by atoms with Gasteiger partial charge in [-0.05, 0) is 44.9 Å². The largest absolute Gasteiger partial charge is 0.393 e. The number of amides is 1. The predicted molar refractivity (Wildman–Crippen MR) is 78.1 cm³/mol. The molecule has 4 heteroatoms. The van der Waals surface area contributed by atoms with Crippen LogP contribution in [0, 0.1) is 0 Å². The van der Waals surface area contributed by atoms with E-state index in [0.717, 1.165) is 17.7 Å². The van der Waals surface area contributed by atoms with E-state index in [4.69, 9.17) is 0 Å². The molecule has 0 aliphatic carbocycles. The van der Waals surface area contributed by atoms with E-state index in [9.17, 15) is 9.90 Å². The van der Waals surface area contributed by atoms with Crippen LogP contribution in [0.25, 0.3) is 0 Å². The first-order valence-electron chi connectivity index (χ1n) is 6.70. The number of carbonyl (C=O) groups excluding carboxylic acids is 1. The lowest BCUT2D eigenvalue weighted by Gasteiger charge is -2.21. The maximum absolute atomic E-state index is 11.0. The van der Waals surface area contributed by atoms with Gasteiger partial charge >= 0.3 is 0 Å². The summed E-state index contributed by atoms with van der Waals surface area (Å²) in [5.41, 5.74) is 1.92. The summed E-state index contributed by atoms with van der Waals surface area (Å²) in [5, 5.41) is 15.6. The van der Waals surface area contributed by atoms with E-state index in [1.54, 1.807) is 6.92 Å². The fraction of sp³-hybridized carbons (Fsp3) is 0.533. The highest BCUT2D eigenvalue weighted by Crippen LogP contribution is 2.18. The average Bonchev–Trinajstić information content (AvgIpc) is 2.27. The molecular formula is C15H24N2O2. The summed E-state index contributed by atoms with van der Waals surface area (Å²) in [6.45, 7) is 7.42. The summed E-state index contributed by atoms with van der Waals surface area (Å²) in [6.07, 6.45) is 0.413. The van der Waals surface area contributed by atoms with Crippen LogP contribution in [0.3, 0.4) is 0 Å². The first-order valence-corrected chi connectivity index (χ1v) is 6.70. The third-order valence-corrected chi connectivity index (χ3v) is 2.94. The molecule has 4 nitrogen and oxygen atoms in total. The molecule has 0 aliphatic heterocycles. The first-order chi connectivity index (χ1) is 8.88. The Labute approximate surface area is 115 Å². The van der Waals surface area contributed by atoms with Crippen LogP contribution < -0.4 is 10.6 Å². The summed E-state index contributed by atoms with van der Waals surface area (Å²) in [5.74, 6) is -0.0692. The molecule has 0 fully saturated rings. The second-order valence-electron chi connectivity index (χ2n) is 5.18. The van der Waals surface area contributed by atoms with E-state index < -0.39 is 0 Å². The third-order valence-electron chi connectivity index (χ3n) is 2.94. The van der Waals surface area contributed by atoms with E-state index >= 15 is 0 Å². The molecule has 3 N–H and O–H groups in total. The number of benzene rings is 1. The fourth-order valence-corrected chi connectivity index (χ4v) is 2.19. The number of hydrogen-bond donors (Lipinski definition) is 3. The summed E-state index contributed by atoms with van der Waals surface area (Å²) in [4.78, 5) is 11.0. The van der Waals surface area contributed by atoms with Crippen molar-refractivity contribution in [3.05, 3.63) is 29.8 Å². The van der Waals surface area contributed by atoms with Crippen molar-refractivity contribution in [2.45, 2.75) is 52.3 Å². The van der Waals surface area contributed by atoms with Crippen LogP contribution in [-0.4, -0.2) is 23.2 Å². The minimum absolute atomic E-state index is 0.0692. The molecule has 0 bridgehead atoms. The van der Waals surface area contributed by atoms with Gasteiger partial charge in [-0.3, -0.25) is 4.79 Å². The maximum Gasteiger partial charge on any atom is 0.221 e. The lowest BCUT2D eigenvalue weighted by molar-refractivity contribution is -0.114. The molecule has 0 saturated carbocycles. The average molecular weight is 264 g/mol. The number of anilines is 1. The van der Waals surface area contributed by atoms with E-state index in [2.05, 4.69) is 24.5 Å². The van der Waals surface area contributed by atoms with Gasteiger partial charge in [0.15, 0.2) is 0 Å².